The smallest absolute Gasteiger partial charge is 0.193 e. The van der Waals surface area contributed by atoms with Crippen LogP contribution in [0.5, 0.6) is 11.5 Å². The molecule has 0 bridgehead atoms. The van der Waals surface area contributed by atoms with Gasteiger partial charge in [0.2, 0.25) is 0 Å². The van der Waals surface area contributed by atoms with Gasteiger partial charge in [0, 0.05) is 34.5 Å². The molecule has 1 atom stereocenters. The second kappa shape index (κ2) is 8.07. The maximum Gasteiger partial charge on any atom is 0.193 e. The van der Waals surface area contributed by atoms with Gasteiger partial charge in [-0.3, -0.25) is 0 Å². The largest absolute Gasteiger partial charge is 0.507 e. The molecule has 0 aliphatic carbocycles. The van der Waals surface area contributed by atoms with Crippen molar-refractivity contribution in [1.29, 1.82) is 0 Å². The van der Waals surface area contributed by atoms with Gasteiger partial charge in [-0.15, -0.1) is 0 Å². The first kappa shape index (κ1) is 22.9. The van der Waals surface area contributed by atoms with Crippen LogP contribution < -0.4 is 9.83 Å². The summed E-state index contributed by atoms with van der Waals surface area (Å²) in [7, 11) is 0. The van der Waals surface area contributed by atoms with Crippen molar-refractivity contribution in [2.75, 3.05) is 0 Å². The second-order valence-corrected chi connectivity index (χ2v) is 15.2. The highest BCUT2D eigenvalue weighted by molar-refractivity contribution is 8.64. The highest BCUT2D eigenvalue weighted by atomic mass is 32.9. The van der Waals surface area contributed by atoms with E-state index in [0.717, 1.165) is 22.1 Å². The van der Waals surface area contributed by atoms with Crippen molar-refractivity contribution in [2.24, 2.45) is 0 Å². The average molecular weight is 461 g/mol. The van der Waals surface area contributed by atoms with Crippen LogP contribution in [0.3, 0.4) is 0 Å². The molecule has 0 aliphatic heterocycles. The van der Waals surface area contributed by atoms with Crippen LogP contribution in [-0.4, -0.2) is 14.7 Å². The van der Waals surface area contributed by atoms with E-state index in [0.29, 0.717) is 11.5 Å². The molecule has 4 nitrogen and oxygen atoms in total. The summed E-state index contributed by atoms with van der Waals surface area (Å²) in [6.45, 7) is 12.5. The van der Waals surface area contributed by atoms with E-state index in [2.05, 4.69) is 46.5 Å². The van der Waals surface area contributed by atoms with E-state index < -0.39 is 5.47 Å². The number of thiol groups is 1. The number of nitrogens with zero attached hydrogens (tertiary/aromatic N) is 2. The Balaban J connectivity index is 2.00. The molecule has 0 spiro atoms. The Labute approximate surface area is 189 Å². The van der Waals surface area contributed by atoms with Crippen molar-refractivity contribution in [1.82, 2.24) is 9.55 Å². The molecular formula is C23H29N2O2PS2. The van der Waals surface area contributed by atoms with Gasteiger partial charge in [0.15, 0.2) is 5.47 Å². The number of benzene rings is 2. The van der Waals surface area contributed by atoms with Gasteiger partial charge in [-0.2, -0.15) is 0 Å². The van der Waals surface area contributed by atoms with E-state index in [-0.39, 0.29) is 10.8 Å². The fourth-order valence-corrected chi connectivity index (χ4v) is 5.51. The summed E-state index contributed by atoms with van der Waals surface area (Å²) in [5.74, 6) is 0.992. The number of aromatic hydroxyl groups is 1. The molecule has 0 fully saturated rings. The Morgan fingerprint density at radius 3 is 1.97 bits per heavy atom. The molecule has 2 aromatic carbocycles. The van der Waals surface area contributed by atoms with Crippen molar-refractivity contribution in [3.63, 3.8) is 0 Å². The summed E-state index contributed by atoms with van der Waals surface area (Å²) in [6.07, 6.45) is 5.37. The minimum atomic E-state index is -2.66. The third-order valence-corrected chi connectivity index (χ3v) is 8.07. The first-order chi connectivity index (χ1) is 13.8. The molecular weight excluding hydrogens is 431 g/mol. The predicted molar refractivity (Wildman–Crippen MR) is 133 cm³/mol. The number of phenolic OH excluding ortho intramolecular Hbond substituents is 1. The Morgan fingerprint density at radius 1 is 1.00 bits per heavy atom. The molecule has 0 aliphatic rings. The van der Waals surface area contributed by atoms with E-state index in [1.54, 1.807) is 12.5 Å². The Hall–Kier alpha value is -1.75. The summed E-state index contributed by atoms with van der Waals surface area (Å²) in [5.41, 5.74) is -0.442. The zero-order valence-corrected chi connectivity index (χ0v) is 20.9. The number of hydrogen-bond acceptors (Lipinski definition) is 4. The molecule has 0 saturated carbocycles. The number of hydrogen-bond donors (Lipinski definition) is 2. The summed E-state index contributed by atoms with van der Waals surface area (Å²) in [6, 6.07) is 11.6. The molecule has 0 saturated heterocycles. The Bertz CT molecular complexity index is 1040. The van der Waals surface area contributed by atoms with E-state index in [9.17, 15) is 5.11 Å². The molecule has 3 rings (SSSR count). The van der Waals surface area contributed by atoms with Crippen LogP contribution in [0.15, 0.2) is 55.1 Å². The lowest BCUT2D eigenvalue weighted by molar-refractivity contribution is 0.424. The third-order valence-electron chi connectivity index (χ3n) is 4.91. The molecule has 0 radical (unpaired) electrons. The fraction of sp³-hybridized carbons (Fsp3) is 0.348. The zero-order valence-electron chi connectivity index (χ0n) is 18.2. The molecule has 1 heterocycles. The number of phenols is 1. The quantitative estimate of drug-likeness (QED) is 0.364. The number of rotatable bonds is 4. The molecule has 0 amide bonds. The summed E-state index contributed by atoms with van der Waals surface area (Å²) < 4.78 is 8.14. The maximum absolute atomic E-state index is 11.0. The second-order valence-electron chi connectivity index (χ2n) is 9.47. The topological polar surface area (TPSA) is 47.3 Å². The van der Waals surface area contributed by atoms with Crippen molar-refractivity contribution in [2.45, 2.75) is 52.4 Å². The monoisotopic (exact) mass is 460 g/mol. The van der Waals surface area contributed by atoms with Gasteiger partial charge in [0.25, 0.3) is 0 Å². The van der Waals surface area contributed by atoms with Gasteiger partial charge < -0.3 is 14.2 Å². The first-order valence-corrected chi connectivity index (χ1v) is 13.7. The molecule has 1 N–H and O–H groups in total. The minimum Gasteiger partial charge on any atom is -0.507 e. The van der Waals surface area contributed by atoms with Gasteiger partial charge in [0.1, 0.15) is 11.5 Å². The van der Waals surface area contributed by atoms with Crippen molar-refractivity contribution in [3.05, 3.63) is 66.2 Å². The van der Waals surface area contributed by atoms with Crippen LogP contribution in [0, 0.1) is 0 Å². The summed E-state index contributed by atoms with van der Waals surface area (Å²) in [5, 5.41) is 11.8. The van der Waals surface area contributed by atoms with Crippen LogP contribution in [0.25, 0.3) is 5.69 Å². The molecule has 30 heavy (non-hydrogen) atoms. The van der Waals surface area contributed by atoms with Crippen LogP contribution in [0.1, 0.15) is 52.7 Å². The Kier molecular flexibility index (Phi) is 6.16. The van der Waals surface area contributed by atoms with Crippen LogP contribution in [0.4, 0.5) is 0 Å². The van der Waals surface area contributed by atoms with E-state index in [4.69, 9.17) is 28.6 Å². The molecule has 7 heteroatoms. The Morgan fingerprint density at radius 2 is 1.53 bits per heavy atom. The zero-order chi connectivity index (χ0) is 22.3. The van der Waals surface area contributed by atoms with Crippen molar-refractivity contribution < 1.29 is 9.63 Å². The van der Waals surface area contributed by atoms with Crippen molar-refractivity contribution in [3.8, 4) is 17.2 Å². The molecule has 3 aromatic rings. The van der Waals surface area contributed by atoms with E-state index in [1.807, 2.05) is 47.2 Å². The normalized spacial score (nSPS) is 14.4. The maximum atomic E-state index is 11.0. The standard InChI is InChI=1S/C23H29N2O2PS2/c1-22(2,3)19-13-18(14-20(21(19)26)23(4,5)6)28(29,30)27-17-9-7-16(8-10-17)25-12-11-24-15-25/h7-15,26H,1-6H3,(H,29,30). The van der Waals surface area contributed by atoms with Gasteiger partial charge in [-0.25, -0.2) is 4.98 Å². The molecule has 1 aromatic heterocycles. The molecule has 160 valence electrons. The lowest BCUT2D eigenvalue weighted by Crippen LogP contribution is -2.21. The molecule has 1 unspecified atom stereocenters. The van der Waals surface area contributed by atoms with Crippen LogP contribution in [-0.2, 0) is 22.6 Å². The summed E-state index contributed by atoms with van der Waals surface area (Å²) in [4.78, 5) is 4.07. The highest BCUT2D eigenvalue weighted by Gasteiger charge is 2.30. The van der Waals surface area contributed by atoms with Gasteiger partial charge in [0.05, 0.1) is 6.33 Å². The van der Waals surface area contributed by atoms with E-state index in [1.165, 1.54) is 0 Å². The van der Waals surface area contributed by atoms with Crippen LogP contribution >= 0.6 is 17.7 Å². The first-order valence-electron chi connectivity index (χ1n) is 9.78. The lowest BCUT2D eigenvalue weighted by Gasteiger charge is -2.30. The number of imidazole rings is 1. The van der Waals surface area contributed by atoms with Crippen molar-refractivity contribution >= 4 is 34.8 Å². The lowest BCUT2D eigenvalue weighted by atomic mass is 9.79. The van der Waals surface area contributed by atoms with Crippen LogP contribution in [0.2, 0.25) is 0 Å². The third kappa shape index (κ3) is 4.93. The summed E-state index contributed by atoms with van der Waals surface area (Å²) >= 11 is 10.7. The number of aromatic nitrogens is 2. The van der Waals surface area contributed by atoms with E-state index >= 15 is 0 Å². The van der Waals surface area contributed by atoms with Gasteiger partial charge >= 0.3 is 0 Å². The predicted octanol–water partition coefficient (Wildman–Crippen LogP) is 6.12. The fourth-order valence-electron chi connectivity index (χ4n) is 3.21. The van der Waals surface area contributed by atoms with Gasteiger partial charge in [-0.05, 0) is 59.0 Å². The average Bonchev–Trinajstić information content (AvgIpc) is 3.14. The highest BCUT2D eigenvalue weighted by Crippen LogP contribution is 2.53. The van der Waals surface area contributed by atoms with Gasteiger partial charge in [-0.1, -0.05) is 53.8 Å². The minimum absolute atomic E-state index is 0.240. The SMILES string of the molecule is CC(C)(C)c1cc(P(=S)(S)Oc2ccc(-n3ccnc3)cc2)cc(C(C)(C)C)c1O.